The van der Waals surface area contributed by atoms with E-state index in [1.54, 1.807) is 11.1 Å². The van der Waals surface area contributed by atoms with Crippen molar-refractivity contribution in [3.63, 3.8) is 0 Å². The van der Waals surface area contributed by atoms with E-state index in [4.69, 9.17) is 4.84 Å². The number of oxime groups is 1. The van der Waals surface area contributed by atoms with Crippen molar-refractivity contribution in [1.82, 2.24) is 0 Å². The van der Waals surface area contributed by atoms with Crippen molar-refractivity contribution in [2.75, 3.05) is 11.5 Å². The molecule has 118 valence electrons. The number of carbonyl (C=O) groups is 1. The van der Waals surface area contributed by atoms with Crippen LogP contribution in [0.3, 0.4) is 0 Å². The first-order chi connectivity index (χ1) is 11.1. The van der Waals surface area contributed by atoms with Gasteiger partial charge in [0.25, 0.3) is 5.91 Å². The number of para-hydroxylation sites is 1. The van der Waals surface area contributed by atoms with Crippen LogP contribution < -0.4 is 4.90 Å². The number of halogens is 1. The average Bonchev–Trinajstić information content (AvgIpc) is 2.89. The topological polar surface area (TPSA) is 41.9 Å². The van der Waals surface area contributed by atoms with Crippen molar-refractivity contribution >= 4 is 33.7 Å². The predicted molar refractivity (Wildman–Crippen MR) is 94.8 cm³/mol. The largest absolute Gasteiger partial charge is 0.386 e. The molecule has 0 N–H and O–H groups in total. The molecule has 2 aromatic carbocycles. The Morgan fingerprint density at radius 2 is 2.04 bits per heavy atom. The number of anilines is 1. The zero-order valence-electron chi connectivity index (χ0n) is 12.8. The van der Waals surface area contributed by atoms with Gasteiger partial charge in [-0.3, -0.25) is 4.79 Å². The molecule has 3 rings (SSSR count). The van der Waals surface area contributed by atoms with Crippen molar-refractivity contribution in [3.8, 4) is 0 Å². The third-order valence-corrected chi connectivity index (χ3v) is 4.34. The minimum atomic E-state index is -0.0737. The quantitative estimate of drug-likeness (QED) is 0.605. The molecule has 0 fully saturated rings. The molecule has 0 spiro atoms. The minimum Gasteiger partial charge on any atom is -0.386 e. The van der Waals surface area contributed by atoms with E-state index in [9.17, 15) is 4.79 Å². The van der Waals surface area contributed by atoms with E-state index < -0.39 is 0 Å². The molecule has 0 saturated heterocycles. The van der Waals surface area contributed by atoms with E-state index in [0.29, 0.717) is 0 Å². The van der Waals surface area contributed by atoms with Crippen molar-refractivity contribution in [1.29, 1.82) is 0 Å². The highest BCUT2D eigenvalue weighted by Gasteiger charge is 2.30. The Kier molecular flexibility index (Phi) is 4.76. The van der Waals surface area contributed by atoms with Gasteiger partial charge >= 0.3 is 0 Å². The van der Waals surface area contributed by atoms with Crippen molar-refractivity contribution in [2.45, 2.75) is 19.4 Å². The molecule has 1 amide bonds. The summed E-state index contributed by atoms with van der Waals surface area (Å²) in [5.41, 5.74) is 3.10. The summed E-state index contributed by atoms with van der Waals surface area (Å²) < 4.78 is 1.01. The molecular weight excluding hydrogens is 356 g/mol. The second kappa shape index (κ2) is 6.96. The van der Waals surface area contributed by atoms with Crippen LogP contribution in [-0.4, -0.2) is 24.8 Å². The van der Waals surface area contributed by atoms with Crippen LogP contribution in [0.1, 0.15) is 18.1 Å². The lowest BCUT2D eigenvalue weighted by Gasteiger charge is -2.21. The Labute approximate surface area is 143 Å². The maximum absolute atomic E-state index is 12.4. The van der Waals surface area contributed by atoms with Gasteiger partial charge < -0.3 is 9.74 Å². The standard InChI is InChI=1S/C18H17BrN2O2/c1-13-10-15-4-2-3-5-17(15)21(13)18(22)12-23-20-11-14-6-8-16(19)9-7-14/h2-9,11,13H,10,12H2,1H3/b20-11-/t13-/m1/s1. The van der Waals surface area contributed by atoms with E-state index in [2.05, 4.69) is 27.2 Å². The second-order valence-corrected chi connectivity index (χ2v) is 6.42. The fourth-order valence-electron chi connectivity index (χ4n) is 2.75. The Morgan fingerprint density at radius 1 is 1.30 bits per heavy atom. The van der Waals surface area contributed by atoms with E-state index in [1.165, 1.54) is 5.56 Å². The molecule has 1 atom stereocenters. The third-order valence-electron chi connectivity index (χ3n) is 3.81. The lowest BCUT2D eigenvalue weighted by atomic mass is 10.1. The lowest BCUT2D eigenvalue weighted by molar-refractivity contribution is -0.123. The number of carbonyl (C=O) groups excluding carboxylic acids is 1. The van der Waals surface area contributed by atoms with Gasteiger partial charge in [0, 0.05) is 16.2 Å². The molecule has 4 nitrogen and oxygen atoms in total. The van der Waals surface area contributed by atoms with Gasteiger partial charge in [-0.1, -0.05) is 51.4 Å². The molecule has 5 heteroatoms. The van der Waals surface area contributed by atoms with Gasteiger partial charge in [-0.2, -0.15) is 0 Å². The summed E-state index contributed by atoms with van der Waals surface area (Å²) in [4.78, 5) is 19.4. The highest BCUT2D eigenvalue weighted by molar-refractivity contribution is 9.10. The monoisotopic (exact) mass is 372 g/mol. The number of hydrogen-bond acceptors (Lipinski definition) is 3. The van der Waals surface area contributed by atoms with E-state index in [1.807, 2.05) is 49.4 Å². The molecule has 0 aromatic heterocycles. The molecule has 1 aliphatic rings. The van der Waals surface area contributed by atoms with E-state index in [0.717, 1.165) is 22.1 Å². The summed E-state index contributed by atoms with van der Waals surface area (Å²) in [6.45, 7) is 1.98. The predicted octanol–water partition coefficient (Wildman–Crippen LogP) is 3.78. The normalized spacial score (nSPS) is 16.6. The number of hydrogen-bond donors (Lipinski definition) is 0. The SMILES string of the molecule is C[C@@H]1Cc2ccccc2N1C(=O)CO/N=C\c1ccc(Br)cc1. The fraction of sp³-hybridized carbons (Fsp3) is 0.222. The number of nitrogens with zero attached hydrogens (tertiary/aromatic N) is 2. The summed E-state index contributed by atoms with van der Waals surface area (Å²) in [6.07, 6.45) is 2.48. The van der Waals surface area contributed by atoms with Crippen LogP contribution in [0.15, 0.2) is 58.2 Å². The van der Waals surface area contributed by atoms with Gasteiger partial charge in [0.1, 0.15) is 0 Å². The maximum atomic E-state index is 12.4. The maximum Gasteiger partial charge on any atom is 0.268 e. The number of benzene rings is 2. The highest BCUT2D eigenvalue weighted by Crippen LogP contribution is 2.31. The summed E-state index contributed by atoms with van der Waals surface area (Å²) in [7, 11) is 0. The number of rotatable bonds is 4. The minimum absolute atomic E-state index is 0.0638. The molecule has 23 heavy (non-hydrogen) atoms. The van der Waals surface area contributed by atoms with Gasteiger partial charge in [-0.15, -0.1) is 0 Å². The van der Waals surface area contributed by atoms with E-state index >= 15 is 0 Å². The summed E-state index contributed by atoms with van der Waals surface area (Å²) in [6, 6.07) is 15.8. The Balaban J connectivity index is 1.58. The van der Waals surface area contributed by atoms with Crippen LogP contribution in [0, 0.1) is 0 Å². The molecule has 0 saturated carbocycles. The van der Waals surface area contributed by atoms with Gasteiger partial charge in [0.05, 0.1) is 6.21 Å². The first-order valence-corrected chi connectivity index (χ1v) is 8.25. The van der Waals surface area contributed by atoms with Crippen LogP contribution in [0.25, 0.3) is 0 Å². The van der Waals surface area contributed by atoms with Crippen LogP contribution in [0.4, 0.5) is 5.69 Å². The fourth-order valence-corrected chi connectivity index (χ4v) is 3.02. The van der Waals surface area contributed by atoms with Crippen molar-refractivity contribution in [2.24, 2.45) is 5.16 Å². The highest BCUT2D eigenvalue weighted by atomic mass is 79.9. The Bertz CT molecular complexity index is 728. The molecule has 1 heterocycles. The molecule has 0 radical (unpaired) electrons. The average molecular weight is 373 g/mol. The summed E-state index contributed by atoms with van der Waals surface area (Å²) in [5.74, 6) is -0.0737. The number of fused-ring (bicyclic) bond motifs is 1. The second-order valence-electron chi connectivity index (χ2n) is 5.51. The molecule has 0 bridgehead atoms. The Morgan fingerprint density at radius 3 is 2.83 bits per heavy atom. The molecule has 0 aliphatic carbocycles. The Hall–Kier alpha value is -2.14. The van der Waals surface area contributed by atoms with Crippen molar-refractivity contribution in [3.05, 3.63) is 64.1 Å². The zero-order valence-corrected chi connectivity index (χ0v) is 14.4. The molecule has 2 aromatic rings. The number of amides is 1. The van der Waals surface area contributed by atoms with Crippen molar-refractivity contribution < 1.29 is 9.63 Å². The first-order valence-electron chi connectivity index (χ1n) is 7.46. The lowest BCUT2D eigenvalue weighted by Crippen LogP contribution is -2.37. The van der Waals surface area contributed by atoms with Gasteiger partial charge in [0.2, 0.25) is 0 Å². The van der Waals surface area contributed by atoms with Crippen LogP contribution in [-0.2, 0) is 16.1 Å². The third kappa shape index (κ3) is 3.62. The summed E-state index contributed by atoms with van der Waals surface area (Å²) in [5, 5.41) is 3.88. The van der Waals surface area contributed by atoms with Gasteiger partial charge in [-0.05, 0) is 42.7 Å². The van der Waals surface area contributed by atoms with Crippen LogP contribution in [0.2, 0.25) is 0 Å². The van der Waals surface area contributed by atoms with Gasteiger partial charge in [-0.25, -0.2) is 0 Å². The summed E-state index contributed by atoms with van der Waals surface area (Å²) >= 11 is 3.38. The van der Waals surface area contributed by atoms with Crippen LogP contribution >= 0.6 is 15.9 Å². The van der Waals surface area contributed by atoms with Gasteiger partial charge in [0.15, 0.2) is 6.61 Å². The molecule has 1 aliphatic heterocycles. The molecule has 0 unspecified atom stereocenters. The van der Waals surface area contributed by atoms with E-state index in [-0.39, 0.29) is 18.6 Å². The molecular formula is C18H17BrN2O2. The smallest absolute Gasteiger partial charge is 0.268 e. The van der Waals surface area contributed by atoms with Crippen LogP contribution in [0.5, 0.6) is 0 Å². The first kappa shape index (κ1) is 15.7. The zero-order chi connectivity index (χ0) is 16.2.